The van der Waals surface area contributed by atoms with Crippen molar-refractivity contribution >= 4 is 22.8 Å². The Labute approximate surface area is 116 Å². The van der Waals surface area contributed by atoms with Crippen LogP contribution in [0.5, 0.6) is 0 Å². The van der Waals surface area contributed by atoms with Crippen LogP contribution in [0.1, 0.15) is 11.1 Å². The second kappa shape index (κ2) is 5.13. The molecule has 3 nitrogen and oxygen atoms in total. The van der Waals surface area contributed by atoms with Gasteiger partial charge in [-0.25, -0.2) is 0 Å². The van der Waals surface area contributed by atoms with Crippen molar-refractivity contribution in [1.82, 2.24) is 4.98 Å². The number of hydrogen-bond acceptors (Lipinski definition) is 2. The van der Waals surface area contributed by atoms with E-state index < -0.39 is 0 Å². The highest BCUT2D eigenvalue weighted by Gasteiger charge is 1.99. The molecular formula is C17H14N2O. The Balaban J connectivity index is 2.02. The molecule has 0 fully saturated rings. The van der Waals surface area contributed by atoms with Crippen LogP contribution in [0.25, 0.3) is 10.9 Å². The Hall–Kier alpha value is -2.68. The normalized spacial score (nSPS) is 11.2. The standard InChI is InChI=1S/C17H14N2O/c1-12-5-4-7-15(9-12)18-11-14-10-13-6-2-3-8-16(13)19-17(14)20/h2-11H,1H3,(H,19,20). The van der Waals surface area contributed by atoms with Crippen LogP contribution >= 0.6 is 0 Å². The highest BCUT2D eigenvalue weighted by atomic mass is 16.1. The molecule has 0 amide bonds. The van der Waals surface area contributed by atoms with E-state index in [0.717, 1.165) is 22.2 Å². The molecule has 0 spiro atoms. The van der Waals surface area contributed by atoms with Crippen molar-refractivity contribution in [2.45, 2.75) is 6.92 Å². The van der Waals surface area contributed by atoms with Gasteiger partial charge in [-0.1, -0.05) is 30.3 Å². The van der Waals surface area contributed by atoms with E-state index in [2.05, 4.69) is 9.98 Å². The Morgan fingerprint density at radius 3 is 2.75 bits per heavy atom. The molecule has 0 saturated carbocycles. The van der Waals surface area contributed by atoms with Crippen molar-refractivity contribution in [2.24, 2.45) is 4.99 Å². The van der Waals surface area contributed by atoms with E-state index in [1.807, 2.05) is 61.5 Å². The third-order valence-corrected chi connectivity index (χ3v) is 3.14. The number of H-pyrrole nitrogens is 1. The fourth-order valence-electron chi connectivity index (χ4n) is 2.11. The molecule has 0 atom stereocenters. The molecule has 1 N–H and O–H groups in total. The van der Waals surface area contributed by atoms with Gasteiger partial charge in [-0.2, -0.15) is 0 Å². The SMILES string of the molecule is Cc1cccc(N=Cc2cc3ccccc3[nH]c2=O)c1. The number of nitrogens with one attached hydrogen (secondary N) is 1. The van der Waals surface area contributed by atoms with Crippen molar-refractivity contribution in [2.75, 3.05) is 0 Å². The first-order chi connectivity index (χ1) is 9.72. The highest BCUT2D eigenvalue weighted by Crippen LogP contribution is 2.14. The van der Waals surface area contributed by atoms with Crippen LogP contribution in [0.4, 0.5) is 5.69 Å². The molecule has 98 valence electrons. The molecular weight excluding hydrogens is 248 g/mol. The lowest BCUT2D eigenvalue weighted by atomic mass is 10.1. The summed E-state index contributed by atoms with van der Waals surface area (Å²) in [7, 11) is 0. The predicted molar refractivity (Wildman–Crippen MR) is 83.0 cm³/mol. The first kappa shape index (κ1) is 12.4. The number of hydrogen-bond donors (Lipinski definition) is 1. The first-order valence-corrected chi connectivity index (χ1v) is 6.45. The minimum absolute atomic E-state index is 0.125. The van der Waals surface area contributed by atoms with Gasteiger partial charge in [0.05, 0.1) is 11.3 Å². The lowest BCUT2D eigenvalue weighted by molar-refractivity contribution is 1.29. The van der Waals surface area contributed by atoms with E-state index in [1.54, 1.807) is 6.21 Å². The van der Waals surface area contributed by atoms with Crippen LogP contribution in [0, 0.1) is 6.92 Å². The second-order valence-electron chi connectivity index (χ2n) is 4.74. The molecule has 0 bridgehead atoms. The van der Waals surface area contributed by atoms with Crippen LogP contribution in [0.2, 0.25) is 0 Å². The summed E-state index contributed by atoms with van der Waals surface area (Å²) >= 11 is 0. The maximum absolute atomic E-state index is 12.0. The zero-order chi connectivity index (χ0) is 13.9. The van der Waals surface area contributed by atoms with Gasteiger partial charge in [-0.05, 0) is 42.1 Å². The number of para-hydroxylation sites is 1. The minimum Gasteiger partial charge on any atom is -0.321 e. The summed E-state index contributed by atoms with van der Waals surface area (Å²) in [5.41, 5.74) is 3.26. The van der Waals surface area contributed by atoms with E-state index in [0.29, 0.717) is 5.56 Å². The third kappa shape index (κ3) is 2.52. The van der Waals surface area contributed by atoms with E-state index in [9.17, 15) is 4.79 Å². The minimum atomic E-state index is -0.125. The van der Waals surface area contributed by atoms with Gasteiger partial charge in [0.1, 0.15) is 0 Å². The molecule has 1 heterocycles. The molecule has 3 aromatic rings. The van der Waals surface area contributed by atoms with Crippen LogP contribution in [0.15, 0.2) is 64.4 Å². The van der Waals surface area contributed by atoms with Crippen molar-refractivity contribution in [3.05, 3.63) is 76.1 Å². The van der Waals surface area contributed by atoms with Gasteiger partial charge in [-0.15, -0.1) is 0 Å². The Bertz CT molecular complexity index is 847. The Morgan fingerprint density at radius 1 is 1.05 bits per heavy atom. The van der Waals surface area contributed by atoms with Gasteiger partial charge in [0.2, 0.25) is 0 Å². The second-order valence-corrected chi connectivity index (χ2v) is 4.74. The molecule has 20 heavy (non-hydrogen) atoms. The maximum atomic E-state index is 12.0. The summed E-state index contributed by atoms with van der Waals surface area (Å²) in [6, 6.07) is 17.4. The zero-order valence-electron chi connectivity index (χ0n) is 11.1. The van der Waals surface area contributed by atoms with Crippen LogP contribution in [-0.4, -0.2) is 11.2 Å². The lowest BCUT2D eigenvalue weighted by Crippen LogP contribution is -2.11. The number of fused-ring (bicyclic) bond motifs is 1. The number of rotatable bonds is 2. The molecule has 0 aliphatic rings. The van der Waals surface area contributed by atoms with Crippen LogP contribution in [-0.2, 0) is 0 Å². The Kier molecular flexibility index (Phi) is 3.17. The summed E-state index contributed by atoms with van der Waals surface area (Å²) in [5.74, 6) is 0. The Morgan fingerprint density at radius 2 is 1.90 bits per heavy atom. The lowest BCUT2D eigenvalue weighted by Gasteiger charge is -1.99. The predicted octanol–water partition coefficient (Wildman–Crippen LogP) is 3.59. The van der Waals surface area contributed by atoms with E-state index in [4.69, 9.17) is 0 Å². The van der Waals surface area contributed by atoms with Gasteiger partial charge < -0.3 is 4.98 Å². The zero-order valence-corrected chi connectivity index (χ0v) is 11.1. The summed E-state index contributed by atoms with van der Waals surface area (Å²) < 4.78 is 0. The first-order valence-electron chi connectivity index (χ1n) is 6.45. The van der Waals surface area contributed by atoms with Crippen molar-refractivity contribution < 1.29 is 0 Å². The van der Waals surface area contributed by atoms with Gasteiger partial charge in [0, 0.05) is 11.7 Å². The molecule has 3 heteroatoms. The van der Waals surface area contributed by atoms with Gasteiger partial charge in [0.25, 0.3) is 5.56 Å². The van der Waals surface area contributed by atoms with Gasteiger partial charge >= 0.3 is 0 Å². The van der Waals surface area contributed by atoms with E-state index in [1.165, 1.54) is 0 Å². The fourth-order valence-corrected chi connectivity index (χ4v) is 2.11. The molecule has 0 radical (unpaired) electrons. The maximum Gasteiger partial charge on any atom is 0.257 e. The number of aliphatic imine (C=N–C) groups is 1. The fraction of sp³-hybridized carbons (Fsp3) is 0.0588. The molecule has 0 aliphatic heterocycles. The monoisotopic (exact) mass is 262 g/mol. The largest absolute Gasteiger partial charge is 0.321 e. The smallest absolute Gasteiger partial charge is 0.257 e. The molecule has 3 rings (SSSR count). The average Bonchev–Trinajstić information content (AvgIpc) is 2.45. The van der Waals surface area contributed by atoms with Crippen LogP contribution in [0.3, 0.4) is 0 Å². The average molecular weight is 262 g/mol. The van der Waals surface area contributed by atoms with Gasteiger partial charge in [0.15, 0.2) is 0 Å². The van der Waals surface area contributed by atoms with E-state index >= 15 is 0 Å². The number of nitrogens with zero attached hydrogens (tertiary/aromatic N) is 1. The van der Waals surface area contributed by atoms with Gasteiger partial charge in [-0.3, -0.25) is 9.79 Å². The number of benzene rings is 2. The highest BCUT2D eigenvalue weighted by molar-refractivity contribution is 5.88. The topological polar surface area (TPSA) is 45.2 Å². The quantitative estimate of drug-likeness (QED) is 0.705. The molecule has 0 saturated heterocycles. The van der Waals surface area contributed by atoms with Crippen molar-refractivity contribution in [3.63, 3.8) is 0 Å². The number of aromatic nitrogens is 1. The summed E-state index contributed by atoms with van der Waals surface area (Å²) in [6.07, 6.45) is 1.61. The number of aryl methyl sites for hydroxylation is 1. The number of pyridine rings is 1. The molecule has 1 aromatic heterocycles. The third-order valence-electron chi connectivity index (χ3n) is 3.14. The summed E-state index contributed by atoms with van der Waals surface area (Å²) in [4.78, 5) is 19.2. The van der Waals surface area contributed by atoms with E-state index in [-0.39, 0.29) is 5.56 Å². The summed E-state index contributed by atoms with van der Waals surface area (Å²) in [5, 5.41) is 0.998. The molecule has 0 aliphatic carbocycles. The summed E-state index contributed by atoms with van der Waals surface area (Å²) in [6.45, 7) is 2.02. The van der Waals surface area contributed by atoms with Crippen LogP contribution < -0.4 is 5.56 Å². The number of aromatic amines is 1. The van der Waals surface area contributed by atoms with Crippen molar-refractivity contribution in [3.8, 4) is 0 Å². The van der Waals surface area contributed by atoms with Crippen molar-refractivity contribution in [1.29, 1.82) is 0 Å². The molecule has 0 unspecified atom stereocenters. The molecule has 2 aromatic carbocycles.